The number of carbonyl (C=O) groups is 1. The molecule has 0 bridgehead atoms. The van der Waals surface area contributed by atoms with Crippen molar-refractivity contribution < 1.29 is 19.0 Å². The topological polar surface area (TPSA) is 101 Å². The summed E-state index contributed by atoms with van der Waals surface area (Å²) in [6, 6.07) is 13.5. The van der Waals surface area contributed by atoms with E-state index >= 15 is 0 Å². The van der Waals surface area contributed by atoms with Crippen molar-refractivity contribution in [3.63, 3.8) is 0 Å². The summed E-state index contributed by atoms with van der Waals surface area (Å²) < 4.78 is 21.8. The Morgan fingerprint density at radius 1 is 1.12 bits per heavy atom. The average Bonchev–Trinajstić information content (AvgIpc) is 3.03. The molecule has 0 aliphatic heterocycles. The zero-order valence-electron chi connectivity index (χ0n) is 17.8. The Morgan fingerprint density at radius 2 is 1.91 bits per heavy atom. The highest BCUT2D eigenvalue weighted by molar-refractivity contribution is 5.82. The summed E-state index contributed by atoms with van der Waals surface area (Å²) in [5, 5.41) is 14.3. The van der Waals surface area contributed by atoms with Crippen molar-refractivity contribution in [1.82, 2.24) is 14.5 Å². The molecule has 4 aromatic rings. The molecule has 1 amide bonds. The van der Waals surface area contributed by atoms with Crippen LogP contribution in [-0.4, -0.2) is 25.7 Å². The maximum Gasteiger partial charge on any atom is 0.410 e. The normalized spacial score (nSPS) is 11.0. The lowest BCUT2D eigenvalue weighted by Crippen LogP contribution is -2.08. The molecule has 0 atom stereocenters. The largest absolute Gasteiger partial charge is 0.465 e. The van der Waals surface area contributed by atoms with Crippen molar-refractivity contribution >= 4 is 34.6 Å². The maximum atomic E-state index is 14.0. The average molecular weight is 435 g/mol. The molecule has 32 heavy (non-hydrogen) atoms. The third-order valence-electron chi connectivity index (χ3n) is 4.93. The van der Waals surface area contributed by atoms with Crippen LogP contribution in [0.4, 0.5) is 26.6 Å². The van der Waals surface area contributed by atoms with E-state index in [1.165, 1.54) is 18.3 Å². The fourth-order valence-corrected chi connectivity index (χ4v) is 3.34. The third-order valence-corrected chi connectivity index (χ3v) is 4.93. The standard InChI is InChI=1S/C23H22FN5O3/c1-13(2)17-10-14(4-6-18(17)24)26-22-27-19-11-15(5-7-20(19)29(22)3)32-16-8-9-25-21(12-16)28-23(30)31/h4-13H,1-3H3,(H,25,28)(H,26,27)(H,30,31). The van der Waals surface area contributed by atoms with Gasteiger partial charge in [-0.1, -0.05) is 13.8 Å². The summed E-state index contributed by atoms with van der Waals surface area (Å²) in [6.45, 7) is 3.89. The first-order valence-corrected chi connectivity index (χ1v) is 9.97. The highest BCUT2D eigenvalue weighted by Crippen LogP contribution is 2.29. The number of nitrogens with zero attached hydrogens (tertiary/aromatic N) is 3. The number of amides is 1. The number of hydrogen-bond acceptors (Lipinski definition) is 5. The number of carboxylic acid groups (broad SMARTS) is 1. The van der Waals surface area contributed by atoms with Crippen LogP contribution in [0.15, 0.2) is 54.7 Å². The summed E-state index contributed by atoms with van der Waals surface area (Å²) in [4.78, 5) is 19.4. The minimum atomic E-state index is -1.20. The zero-order valence-corrected chi connectivity index (χ0v) is 17.8. The smallest absolute Gasteiger partial charge is 0.410 e. The fourth-order valence-electron chi connectivity index (χ4n) is 3.34. The number of nitrogens with one attached hydrogen (secondary N) is 2. The Morgan fingerprint density at radius 3 is 2.66 bits per heavy atom. The van der Waals surface area contributed by atoms with Crippen LogP contribution >= 0.6 is 0 Å². The summed E-state index contributed by atoms with van der Waals surface area (Å²) >= 11 is 0. The van der Waals surface area contributed by atoms with Crippen LogP contribution in [-0.2, 0) is 7.05 Å². The molecule has 2 heterocycles. The number of halogens is 1. The van der Waals surface area contributed by atoms with Crippen molar-refractivity contribution in [2.75, 3.05) is 10.6 Å². The van der Waals surface area contributed by atoms with E-state index in [-0.39, 0.29) is 17.6 Å². The molecule has 164 valence electrons. The van der Waals surface area contributed by atoms with E-state index in [0.717, 1.165) is 11.2 Å². The molecule has 0 aliphatic rings. The van der Waals surface area contributed by atoms with Gasteiger partial charge in [0.1, 0.15) is 23.1 Å². The molecule has 0 saturated heterocycles. The number of imidazole rings is 1. The predicted molar refractivity (Wildman–Crippen MR) is 120 cm³/mol. The highest BCUT2D eigenvalue weighted by atomic mass is 19.1. The van der Waals surface area contributed by atoms with Crippen molar-refractivity contribution in [3.8, 4) is 11.5 Å². The molecule has 9 heteroatoms. The number of hydrogen-bond donors (Lipinski definition) is 3. The van der Waals surface area contributed by atoms with E-state index in [9.17, 15) is 9.18 Å². The molecule has 8 nitrogen and oxygen atoms in total. The first-order valence-electron chi connectivity index (χ1n) is 9.97. The van der Waals surface area contributed by atoms with Crippen LogP contribution in [0.25, 0.3) is 11.0 Å². The van der Waals surface area contributed by atoms with Crippen LogP contribution in [0.3, 0.4) is 0 Å². The Balaban J connectivity index is 1.59. The lowest BCUT2D eigenvalue weighted by atomic mass is 10.0. The van der Waals surface area contributed by atoms with Gasteiger partial charge >= 0.3 is 6.09 Å². The first kappa shape index (κ1) is 21.1. The van der Waals surface area contributed by atoms with Crippen LogP contribution < -0.4 is 15.4 Å². The van der Waals surface area contributed by atoms with E-state index < -0.39 is 6.09 Å². The number of anilines is 3. The van der Waals surface area contributed by atoms with Crippen molar-refractivity contribution in [2.45, 2.75) is 19.8 Å². The van der Waals surface area contributed by atoms with Crippen LogP contribution in [0.2, 0.25) is 0 Å². The monoisotopic (exact) mass is 435 g/mol. The molecule has 2 aromatic carbocycles. The van der Waals surface area contributed by atoms with Crippen LogP contribution in [0.1, 0.15) is 25.3 Å². The molecular weight excluding hydrogens is 413 g/mol. The lowest BCUT2D eigenvalue weighted by Gasteiger charge is -2.11. The van der Waals surface area contributed by atoms with Gasteiger partial charge in [-0.05, 0) is 47.9 Å². The van der Waals surface area contributed by atoms with Crippen molar-refractivity contribution in [1.29, 1.82) is 0 Å². The third kappa shape index (κ3) is 4.46. The SMILES string of the molecule is CC(C)c1cc(Nc2nc3cc(Oc4ccnc(NC(=O)O)c4)ccc3n2C)ccc1F. The van der Waals surface area contributed by atoms with Gasteiger partial charge in [0, 0.05) is 31.1 Å². The maximum absolute atomic E-state index is 14.0. The number of benzene rings is 2. The molecule has 4 rings (SSSR count). The number of pyridine rings is 1. The van der Waals surface area contributed by atoms with Gasteiger partial charge in [0.05, 0.1) is 11.0 Å². The fraction of sp³-hybridized carbons (Fsp3) is 0.174. The summed E-state index contributed by atoms with van der Waals surface area (Å²) in [6.07, 6.45) is 0.252. The zero-order chi connectivity index (χ0) is 22.8. The summed E-state index contributed by atoms with van der Waals surface area (Å²) in [7, 11) is 1.89. The molecule has 2 aromatic heterocycles. The molecule has 3 N–H and O–H groups in total. The molecule has 0 unspecified atom stereocenters. The van der Waals surface area contributed by atoms with Crippen LogP contribution in [0.5, 0.6) is 11.5 Å². The van der Waals surface area contributed by atoms with E-state index in [4.69, 9.17) is 9.84 Å². The summed E-state index contributed by atoms with van der Waals surface area (Å²) in [5.74, 6) is 1.59. The first-order chi connectivity index (χ1) is 15.3. The van der Waals surface area contributed by atoms with Gasteiger partial charge in [-0.2, -0.15) is 0 Å². The van der Waals surface area contributed by atoms with Crippen molar-refractivity contribution in [2.24, 2.45) is 7.05 Å². The molecule has 0 aliphatic carbocycles. The van der Waals surface area contributed by atoms with Gasteiger partial charge in [-0.15, -0.1) is 0 Å². The highest BCUT2D eigenvalue weighted by Gasteiger charge is 2.12. The Bertz CT molecular complexity index is 1300. The number of ether oxygens (including phenoxy) is 1. The number of aromatic nitrogens is 3. The van der Waals surface area contributed by atoms with Gasteiger partial charge in [0.25, 0.3) is 0 Å². The van der Waals surface area contributed by atoms with Gasteiger partial charge in [-0.25, -0.2) is 19.2 Å². The van der Waals surface area contributed by atoms with Gasteiger partial charge < -0.3 is 19.7 Å². The van der Waals surface area contributed by atoms with E-state index in [0.29, 0.717) is 28.5 Å². The molecule has 0 saturated carbocycles. The quantitative estimate of drug-likeness (QED) is 0.351. The second-order valence-electron chi connectivity index (χ2n) is 7.57. The number of aryl methyl sites for hydroxylation is 1. The lowest BCUT2D eigenvalue weighted by molar-refractivity contribution is 0.209. The van der Waals surface area contributed by atoms with Gasteiger partial charge in [0.2, 0.25) is 5.95 Å². The Hall–Kier alpha value is -4.14. The van der Waals surface area contributed by atoms with Crippen LogP contribution in [0, 0.1) is 5.82 Å². The Kier molecular flexibility index (Phi) is 5.63. The molecular formula is C23H22FN5O3. The number of fused-ring (bicyclic) bond motifs is 1. The van der Waals surface area contributed by atoms with Gasteiger partial charge in [0.15, 0.2) is 0 Å². The van der Waals surface area contributed by atoms with Crippen molar-refractivity contribution in [3.05, 3.63) is 66.1 Å². The molecule has 0 fully saturated rings. The predicted octanol–water partition coefficient (Wildman–Crippen LogP) is 5.86. The number of rotatable bonds is 6. The second kappa shape index (κ2) is 8.54. The molecule has 0 spiro atoms. The van der Waals surface area contributed by atoms with E-state index in [1.807, 2.05) is 31.5 Å². The minimum Gasteiger partial charge on any atom is -0.465 e. The van der Waals surface area contributed by atoms with E-state index in [1.54, 1.807) is 30.3 Å². The Labute approximate surface area is 183 Å². The molecule has 0 radical (unpaired) electrons. The van der Waals surface area contributed by atoms with E-state index in [2.05, 4.69) is 20.6 Å². The second-order valence-corrected chi connectivity index (χ2v) is 7.57. The van der Waals surface area contributed by atoms with Gasteiger partial charge in [-0.3, -0.25) is 5.32 Å². The summed E-state index contributed by atoms with van der Waals surface area (Å²) in [5.41, 5.74) is 2.98. The minimum absolute atomic E-state index is 0.0660.